The number of ether oxygens (including phenoxy) is 2. The van der Waals surface area contributed by atoms with Crippen LogP contribution in [0.4, 0.5) is 0 Å². The number of carbonyl (C=O) groups excluding carboxylic acids is 2. The molecule has 0 fully saturated rings. The molecule has 0 spiro atoms. The predicted molar refractivity (Wildman–Crippen MR) is 90.7 cm³/mol. The van der Waals surface area contributed by atoms with Crippen molar-refractivity contribution in [3.8, 4) is 5.75 Å². The Balaban J connectivity index is 1.95. The van der Waals surface area contributed by atoms with Gasteiger partial charge in [0, 0.05) is 11.0 Å². The molecule has 2 aromatic carbocycles. The number of methoxy groups -OCH3 is 1. The molecule has 118 valence electrons. The van der Waals surface area contributed by atoms with Crippen LogP contribution in [0.15, 0.2) is 59.5 Å². The van der Waals surface area contributed by atoms with Crippen molar-refractivity contribution in [1.29, 1.82) is 0 Å². The molecule has 0 aliphatic rings. The average molecular weight is 328 g/mol. The lowest BCUT2D eigenvalue weighted by Gasteiger charge is -2.03. The normalized spacial score (nSPS) is 10.5. The van der Waals surface area contributed by atoms with Crippen molar-refractivity contribution in [2.75, 3.05) is 13.4 Å². The van der Waals surface area contributed by atoms with E-state index in [2.05, 4.69) is 4.74 Å². The first-order valence-electron chi connectivity index (χ1n) is 6.84. The van der Waals surface area contributed by atoms with Crippen LogP contribution < -0.4 is 4.74 Å². The number of carbonyl (C=O) groups is 2. The number of benzene rings is 2. The first-order chi connectivity index (χ1) is 11.1. The van der Waals surface area contributed by atoms with E-state index in [4.69, 9.17) is 4.74 Å². The molecule has 23 heavy (non-hydrogen) atoms. The number of hydrogen-bond donors (Lipinski definition) is 0. The van der Waals surface area contributed by atoms with Gasteiger partial charge in [-0.25, -0.2) is 9.59 Å². The zero-order valence-corrected chi connectivity index (χ0v) is 13.6. The molecule has 0 heterocycles. The highest BCUT2D eigenvalue weighted by Gasteiger charge is 2.06. The van der Waals surface area contributed by atoms with Crippen LogP contribution in [0.25, 0.3) is 6.08 Å². The van der Waals surface area contributed by atoms with Crippen LogP contribution in [0.2, 0.25) is 0 Å². The Morgan fingerprint density at radius 3 is 2.22 bits per heavy atom. The van der Waals surface area contributed by atoms with Gasteiger partial charge in [-0.15, -0.1) is 11.8 Å². The molecule has 0 amide bonds. The van der Waals surface area contributed by atoms with Gasteiger partial charge in [0.25, 0.3) is 0 Å². The summed E-state index contributed by atoms with van der Waals surface area (Å²) in [6.45, 7) is 0. The van der Waals surface area contributed by atoms with Crippen molar-refractivity contribution in [2.45, 2.75) is 4.90 Å². The van der Waals surface area contributed by atoms with Gasteiger partial charge in [-0.2, -0.15) is 0 Å². The second-order valence-corrected chi connectivity index (χ2v) is 5.42. The monoisotopic (exact) mass is 328 g/mol. The fraction of sp³-hybridized carbons (Fsp3) is 0.111. The Bertz CT molecular complexity index is 703. The molecule has 2 aromatic rings. The maximum atomic E-state index is 11.8. The van der Waals surface area contributed by atoms with Crippen LogP contribution in [-0.4, -0.2) is 25.3 Å². The van der Waals surface area contributed by atoms with Crippen molar-refractivity contribution in [3.05, 3.63) is 65.7 Å². The van der Waals surface area contributed by atoms with Gasteiger partial charge in [0.1, 0.15) is 5.75 Å². The molecule has 0 aliphatic heterocycles. The van der Waals surface area contributed by atoms with E-state index in [9.17, 15) is 9.59 Å². The van der Waals surface area contributed by atoms with Gasteiger partial charge in [-0.05, 0) is 54.3 Å². The first kappa shape index (κ1) is 16.8. The van der Waals surface area contributed by atoms with Crippen molar-refractivity contribution < 1.29 is 19.1 Å². The smallest absolute Gasteiger partial charge is 0.337 e. The van der Waals surface area contributed by atoms with Gasteiger partial charge in [-0.1, -0.05) is 12.1 Å². The van der Waals surface area contributed by atoms with Crippen LogP contribution in [0.5, 0.6) is 5.75 Å². The zero-order valence-electron chi connectivity index (χ0n) is 12.8. The molecular formula is C18H16O4S. The summed E-state index contributed by atoms with van der Waals surface area (Å²) in [6, 6.07) is 14.0. The molecule has 0 bridgehead atoms. The molecule has 5 heteroatoms. The van der Waals surface area contributed by atoms with Crippen LogP contribution >= 0.6 is 11.8 Å². The minimum atomic E-state index is -0.482. The summed E-state index contributed by atoms with van der Waals surface area (Å²) < 4.78 is 9.77. The Kier molecular flexibility index (Phi) is 6.00. The molecule has 4 nitrogen and oxygen atoms in total. The summed E-state index contributed by atoms with van der Waals surface area (Å²) in [7, 11) is 1.31. The largest absolute Gasteiger partial charge is 0.465 e. The number of rotatable bonds is 5. The van der Waals surface area contributed by atoms with Gasteiger partial charge >= 0.3 is 11.9 Å². The van der Waals surface area contributed by atoms with Gasteiger partial charge in [0.15, 0.2) is 0 Å². The minimum absolute atomic E-state index is 0.366. The maximum absolute atomic E-state index is 11.8. The molecule has 0 radical (unpaired) electrons. The Labute approximate surface area is 139 Å². The topological polar surface area (TPSA) is 52.6 Å². The first-order valence-corrected chi connectivity index (χ1v) is 8.07. The van der Waals surface area contributed by atoms with Crippen molar-refractivity contribution in [2.24, 2.45) is 0 Å². The lowest BCUT2D eigenvalue weighted by molar-refractivity contribution is -0.128. The Hall–Kier alpha value is -2.53. The van der Waals surface area contributed by atoms with Crippen LogP contribution in [0, 0.1) is 0 Å². The second kappa shape index (κ2) is 8.19. The highest BCUT2D eigenvalue weighted by molar-refractivity contribution is 7.98. The van der Waals surface area contributed by atoms with Crippen molar-refractivity contribution >= 4 is 29.8 Å². The van der Waals surface area contributed by atoms with Crippen LogP contribution in [-0.2, 0) is 9.53 Å². The third-order valence-electron chi connectivity index (χ3n) is 3.02. The third kappa shape index (κ3) is 5.00. The second-order valence-electron chi connectivity index (χ2n) is 4.54. The maximum Gasteiger partial charge on any atom is 0.337 e. The fourth-order valence-corrected chi connectivity index (χ4v) is 2.21. The summed E-state index contributed by atoms with van der Waals surface area (Å²) in [6.07, 6.45) is 5.06. The Morgan fingerprint density at radius 1 is 1.00 bits per heavy atom. The lowest BCUT2D eigenvalue weighted by Crippen LogP contribution is -2.05. The van der Waals surface area contributed by atoms with E-state index >= 15 is 0 Å². The van der Waals surface area contributed by atoms with E-state index in [1.165, 1.54) is 13.2 Å². The van der Waals surface area contributed by atoms with E-state index in [1.807, 2.05) is 30.5 Å². The van der Waals surface area contributed by atoms with Crippen molar-refractivity contribution in [1.82, 2.24) is 0 Å². The van der Waals surface area contributed by atoms with E-state index in [0.717, 1.165) is 10.5 Å². The molecule has 0 aromatic heterocycles. The molecular weight excluding hydrogens is 312 g/mol. The van der Waals surface area contributed by atoms with Gasteiger partial charge in [-0.3, -0.25) is 0 Å². The fourth-order valence-electron chi connectivity index (χ4n) is 1.81. The molecule has 0 aliphatic carbocycles. The zero-order chi connectivity index (χ0) is 16.7. The van der Waals surface area contributed by atoms with E-state index in [0.29, 0.717) is 11.3 Å². The van der Waals surface area contributed by atoms with Crippen LogP contribution in [0.3, 0.4) is 0 Å². The molecule has 0 saturated carbocycles. The molecule has 0 atom stereocenters. The van der Waals surface area contributed by atoms with Gasteiger partial charge in [0.2, 0.25) is 0 Å². The third-order valence-corrected chi connectivity index (χ3v) is 3.77. The average Bonchev–Trinajstić information content (AvgIpc) is 2.60. The summed E-state index contributed by atoms with van der Waals surface area (Å²) in [5, 5.41) is 0. The molecule has 0 saturated heterocycles. The number of hydrogen-bond acceptors (Lipinski definition) is 5. The highest BCUT2D eigenvalue weighted by atomic mass is 32.2. The SMILES string of the molecule is COC(=O)c1ccc(OC(=O)C=Cc2ccc(SC)cc2)cc1. The molecule has 0 unspecified atom stereocenters. The van der Waals surface area contributed by atoms with E-state index in [-0.39, 0.29) is 0 Å². The quantitative estimate of drug-likeness (QED) is 0.361. The van der Waals surface area contributed by atoms with Gasteiger partial charge < -0.3 is 9.47 Å². The summed E-state index contributed by atoms with van der Waals surface area (Å²) in [5.74, 6) is -0.550. The number of thioether (sulfide) groups is 1. The summed E-state index contributed by atoms with van der Waals surface area (Å²) >= 11 is 1.66. The molecule has 0 N–H and O–H groups in total. The standard InChI is InChI=1S/C18H16O4S/c1-21-18(20)14-6-8-15(9-7-14)22-17(19)12-5-13-3-10-16(23-2)11-4-13/h3-12H,1-2H3. The minimum Gasteiger partial charge on any atom is -0.465 e. The summed E-state index contributed by atoms with van der Waals surface area (Å²) in [4.78, 5) is 24.3. The highest BCUT2D eigenvalue weighted by Crippen LogP contribution is 2.16. The molecule has 2 rings (SSSR count). The lowest BCUT2D eigenvalue weighted by atomic mass is 10.2. The van der Waals surface area contributed by atoms with Crippen LogP contribution in [0.1, 0.15) is 15.9 Å². The predicted octanol–water partition coefficient (Wildman–Crippen LogP) is 3.81. The van der Waals surface area contributed by atoms with E-state index < -0.39 is 11.9 Å². The number of esters is 2. The summed E-state index contributed by atoms with van der Waals surface area (Å²) in [5.41, 5.74) is 1.32. The van der Waals surface area contributed by atoms with E-state index in [1.54, 1.807) is 42.1 Å². The Morgan fingerprint density at radius 2 is 1.65 bits per heavy atom. The van der Waals surface area contributed by atoms with Crippen molar-refractivity contribution in [3.63, 3.8) is 0 Å². The van der Waals surface area contributed by atoms with Gasteiger partial charge in [0.05, 0.1) is 12.7 Å².